The molecule has 0 amide bonds. The topological polar surface area (TPSA) is 37.4 Å². The molecule has 2 aliphatic carbocycles. The molecule has 3 aliphatic rings. The van der Waals surface area contributed by atoms with Crippen molar-refractivity contribution in [3.05, 3.63) is 42.0 Å². The number of aryl methyl sites for hydroxylation is 1. The van der Waals surface area contributed by atoms with Gasteiger partial charge in [-0.15, -0.1) is 0 Å². The maximum absolute atomic E-state index is 13.4. The number of fused-ring (bicyclic) bond motifs is 1. The van der Waals surface area contributed by atoms with E-state index in [9.17, 15) is 8.42 Å². The molecule has 136 valence electrons. The van der Waals surface area contributed by atoms with Gasteiger partial charge in [0, 0.05) is 12.6 Å². The van der Waals surface area contributed by atoms with Crippen molar-refractivity contribution in [1.82, 2.24) is 4.31 Å². The van der Waals surface area contributed by atoms with Crippen LogP contribution in [0.25, 0.3) is 0 Å². The van der Waals surface area contributed by atoms with E-state index in [1.807, 2.05) is 23.4 Å². The molecule has 25 heavy (non-hydrogen) atoms. The standard InChI is InChI=1S/C21H29NO2S/c1-16-11-13-19(14-12-16)25(23,24)22-15-18-9-5-6-10-20(18)21(22)17-7-3-2-4-8-17/h6,10-14,17-18,20-21H,2-5,7-9,15H2,1H3/t18?,20?,21-/m1/s1. The summed E-state index contributed by atoms with van der Waals surface area (Å²) in [6, 6.07) is 7.53. The third-order valence-electron chi connectivity index (χ3n) is 6.51. The Kier molecular flexibility index (Phi) is 4.76. The van der Waals surface area contributed by atoms with Crippen LogP contribution < -0.4 is 0 Å². The summed E-state index contributed by atoms with van der Waals surface area (Å²) in [6.07, 6.45) is 13.0. The molecule has 1 aromatic carbocycles. The van der Waals surface area contributed by atoms with Crippen LogP contribution in [0.15, 0.2) is 41.3 Å². The van der Waals surface area contributed by atoms with Gasteiger partial charge in [0.15, 0.2) is 0 Å². The Morgan fingerprint density at radius 2 is 1.68 bits per heavy atom. The van der Waals surface area contributed by atoms with Crippen LogP contribution in [-0.2, 0) is 10.0 Å². The average Bonchev–Trinajstić information content (AvgIpc) is 3.03. The van der Waals surface area contributed by atoms with Crippen LogP contribution in [0, 0.1) is 24.7 Å². The SMILES string of the molecule is Cc1ccc(S(=O)(=O)N2CC3CCC=CC3[C@H]2C2CCCCC2)cc1. The van der Waals surface area contributed by atoms with Gasteiger partial charge in [-0.05, 0) is 62.5 Å². The lowest BCUT2D eigenvalue weighted by molar-refractivity contribution is 0.201. The van der Waals surface area contributed by atoms with Gasteiger partial charge < -0.3 is 0 Å². The van der Waals surface area contributed by atoms with Gasteiger partial charge in [0.1, 0.15) is 0 Å². The van der Waals surface area contributed by atoms with Crippen LogP contribution in [0.5, 0.6) is 0 Å². The zero-order valence-corrected chi connectivity index (χ0v) is 15.9. The molecular weight excluding hydrogens is 330 g/mol. The van der Waals surface area contributed by atoms with E-state index in [4.69, 9.17) is 0 Å². The van der Waals surface area contributed by atoms with Crippen LogP contribution >= 0.6 is 0 Å². The van der Waals surface area contributed by atoms with Crippen molar-refractivity contribution >= 4 is 10.0 Å². The minimum atomic E-state index is -3.41. The molecule has 1 heterocycles. The third-order valence-corrected chi connectivity index (χ3v) is 8.39. The van der Waals surface area contributed by atoms with Crippen molar-refractivity contribution in [1.29, 1.82) is 0 Å². The summed E-state index contributed by atoms with van der Waals surface area (Å²) in [5, 5.41) is 0. The number of hydrogen-bond donors (Lipinski definition) is 0. The van der Waals surface area contributed by atoms with Crippen LogP contribution in [0.2, 0.25) is 0 Å². The Balaban J connectivity index is 1.70. The van der Waals surface area contributed by atoms with Gasteiger partial charge in [0.05, 0.1) is 4.90 Å². The van der Waals surface area contributed by atoms with Crippen molar-refractivity contribution in [3.8, 4) is 0 Å². The fraction of sp³-hybridized carbons (Fsp3) is 0.619. The highest BCUT2D eigenvalue weighted by atomic mass is 32.2. The Morgan fingerprint density at radius 3 is 2.40 bits per heavy atom. The first-order chi connectivity index (χ1) is 12.1. The van der Waals surface area contributed by atoms with Crippen LogP contribution in [-0.4, -0.2) is 25.3 Å². The van der Waals surface area contributed by atoms with Gasteiger partial charge in [-0.3, -0.25) is 0 Å². The largest absolute Gasteiger partial charge is 0.243 e. The molecule has 0 radical (unpaired) electrons. The molecule has 3 atom stereocenters. The molecule has 1 saturated carbocycles. The fourth-order valence-corrected chi connectivity index (χ4v) is 6.96. The molecule has 4 rings (SSSR count). The summed E-state index contributed by atoms with van der Waals surface area (Å²) in [7, 11) is -3.41. The summed E-state index contributed by atoms with van der Waals surface area (Å²) in [4.78, 5) is 0.460. The van der Waals surface area contributed by atoms with Gasteiger partial charge in [0.2, 0.25) is 10.0 Å². The lowest BCUT2D eigenvalue weighted by atomic mass is 9.74. The maximum atomic E-state index is 13.4. The predicted molar refractivity (Wildman–Crippen MR) is 101 cm³/mol. The van der Waals surface area contributed by atoms with Gasteiger partial charge in [-0.1, -0.05) is 49.1 Å². The Morgan fingerprint density at radius 1 is 0.960 bits per heavy atom. The monoisotopic (exact) mass is 359 g/mol. The second-order valence-corrected chi connectivity index (χ2v) is 10.0. The number of rotatable bonds is 3. The highest BCUT2D eigenvalue weighted by Crippen LogP contribution is 2.46. The molecule has 2 unspecified atom stereocenters. The molecular formula is C21H29NO2S. The molecule has 0 N–H and O–H groups in total. The molecule has 0 aromatic heterocycles. The molecule has 2 fully saturated rings. The number of nitrogens with zero attached hydrogens (tertiary/aromatic N) is 1. The summed E-state index contributed by atoms with van der Waals surface area (Å²) in [5.41, 5.74) is 1.10. The van der Waals surface area contributed by atoms with E-state index < -0.39 is 10.0 Å². The predicted octanol–water partition coefficient (Wildman–Crippen LogP) is 4.53. The van der Waals surface area contributed by atoms with E-state index in [2.05, 4.69) is 12.2 Å². The minimum Gasteiger partial charge on any atom is -0.207 e. The molecule has 0 bridgehead atoms. The van der Waals surface area contributed by atoms with E-state index in [1.165, 1.54) is 32.1 Å². The summed E-state index contributed by atoms with van der Waals surface area (Å²) < 4.78 is 28.8. The molecule has 4 heteroatoms. The molecule has 3 nitrogen and oxygen atoms in total. The van der Waals surface area contributed by atoms with Crippen molar-refractivity contribution in [3.63, 3.8) is 0 Å². The highest BCUT2D eigenvalue weighted by molar-refractivity contribution is 7.89. The molecule has 1 aliphatic heterocycles. The highest BCUT2D eigenvalue weighted by Gasteiger charge is 2.49. The minimum absolute atomic E-state index is 0.160. The molecule has 1 saturated heterocycles. The number of hydrogen-bond acceptors (Lipinski definition) is 2. The molecule has 1 aromatic rings. The number of benzene rings is 1. The first kappa shape index (κ1) is 17.3. The smallest absolute Gasteiger partial charge is 0.207 e. The van der Waals surface area contributed by atoms with Crippen LogP contribution in [0.4, 0.5) is 0 Å². The van der Waals surface area contributed by atoms with Crippen molar-refractivity contribution in [2.75, 3.05) is 6.54 Å². The van der Waals surface area contributed by atoms with E-state index in [0.717, 1.165) is 18.4 Å². The maximum Gasteiger partial charge on any atom is 0.243 e. The van der Waals surface area contributed by atoms with E-state index in [-0.39, 0.29) is 6.04 Å². The van der Waals surface area contributed by atoms with Gasteiger partial charge in [0.25, 0.3) is 0 Å². The quantitative estimate of drug-likeness (QED) is 0.744. The first-order valence-corrected chi connectivity index (χ1v) is 11.3. The number of sulfonamides is 1. The summed E-state index contributed by atoms with van der Waals surface area (Å²) in [5.74, 6) is 1.43. The van der Waals surface area contributed by atoms with Crippen LogP contribution in [0.1, 0.15) is 50.5 Å². The van der Waals surface area contributed by atoms with Crippen molar-refractivity contribution < 1.29 is 8.42 Å². The zero-order valence-electron chi connectivity index (χ0n) is 15.1. The molecule has 0 spiro atoms. The number of allylic oxidation sites excluding steroid dienone is 1. The first-order valence-electron chi connectivity index (χ1n) is 9.82. The van der Waals surface area contributed by atoms with Crippen LogP contribution in [0.3, 0.4) is 0 Å². The Bertz CT molecular complexity index is 732. The van der Waals surface area contributed by atoms with Crippen molar-refractivity contribution in [2.45, 2.75) is 62.8 Å². The second kappa shape index (κ2) is 6.88. The normalized spacial score (nSPS) is 31.2. The Labute approximate surface area is 152 Å². The third kappa shape index (κ3) is 3.19. The van der Waals surface area contributed by atoms with E-state index in [1.54, 1.807) is 12.1 Å². The van der Waals surface area contributed by atoms with Gasteiger partial charge >= 0.3 is 0 Å². The van der Waals surface area contributed by atoms with E-state index >= 15 is 0 Å². The van der Waals surface area contributed by atoms with E-state index in [0.29, 0.717) is 29.2 Å². The lowest BCUT2D eigenvalue weighted by Gasteiger charge is -2.36. The van der Waals surface area contributed by atoms with Gasteiger partial charge in [-0.25, -0.2) is 8.42 Å². The summed E-state index contributed by atoms with van der Waals surface area (Å²) >= 11 is 0. The fourth-order valence-electron chi connectivity index (χ4n) is 5.19. The zero-order chi connectivity index (χ0) is 17.4. The lowest BCUT2D eigenvalue weighted by Crippen LogP contribution is -2.43. The van der Waals surface area contributed by atoms with Crippen molar-refractivity contribution in [2.24, 2.45) is 17.8 Å². The second-order valence-electron chi connectivity index (χ2n) is 8.12. The Hall–Kier alpha value is -1.13. The average molecular weight is 360 g/mol. The summed E-state index contributed by atoms with van der Waals surface area (Å²) in [6.45, 7) is 2.70. The van der Waals surface area contributed by atoms with Gasteiger partial charge in [-0.2, -0.15) is 4.31 Å².